The number of ether oxygens (including phenoxy) is 1. The van der Waals surface area contributed by atoms with Crippen LogP contribution in [0.1, 0.15) is 6.42 Å². The van der Waals surface area contributed by atoms with Crippen molar-refractivity contribution in [1.29, 1.82) is 0 Å². The monoisotopic (exact) mass is 396 g/mol. The van der Waals surface area contributed by atoms with Gasteiger partial charge in [0.1, 0.15) is 5.75 Å². The largest absolute Gasteiger partial charge is 0.478 e. The third-order valence-corrected chi connectivity index (χ3v) is 5.92. The van der Waals surface area contributed by atoms with E-state index in [1.807, 2.05) is 42.5 Å². The number of anilines is 2. The number of sulfonamides is 1. The summed E-state index contributed by atoms with van der Waals surface area (Å²) in [4.78, 5) is 12.9. The zero-order valence-corrected chi connectivity index (χ0v) is 16.1. The highest BCUT2D eigenvalue weighted by molar-refractivity contribution is 7.92. The number of rotatable bonds is 3. The molecule has 1 atom stereocenters. The predicted molar refractivity (Wildman–Crippen MR) is 110 cm³/mol. The van der Waals surface area contributed by atoms with Gasteiger partial charge >= 0.3 is 0 Å². The van der Waals surface area contributed by atoms with E-state index in [-0.39, 0.29) is 18.9 Å². The first-order valence-electron chi connectivity index (χ1n) is 8.95. The SMILES string of the molecule is CS(=O)(=O)N1CCC(C(=O)Nc2cccc3ccccc23)Oc2ccccc21. The molecule has 6 nitrogen and oxygen atoms in total. The van der Waals surface area contributed by atoms with E-state index in [1.54, 1.807) is 24.3 Å². The Labute approximate surface area is 163 Å². The van der Waals surface area contributed by atoms with Gasteiger partial charge in [-0.1, -0.05) is 48.5 Å². The minimum Gasteiger partial charge on any atom is -0.478 e. The fourth-order valence-corrected chi connectivity index (χ4v) is 4.35. The number of hydrogen-bond donors (Lipinski definition) is 1. The second kappa shape index (κ2) is 7.16. The van der Waals surface area contributed by atoms with Gasteiger partial charge in [-0.05, 0) is 23.6 Å². The third kappa shape index (κ3) is 3.53. The van der Waals surface area contributed by atoms with Crippen molar-refractivity contribution in [2.75, 3.05) is 22.4 Å². The predicted octanol–water partition coefficient (Wildman–Crippen LogP) is 3.40. The van der Waals surface area contributed by atoms with E-state index in [0.717, 1.165) is 17.0 Å². The first kappa shape index (κ1) is 18.3. The van der Waals surface area contributed by atoms with Gasteiger partial charge in [-0.3, -0.25) is 9.10 Å². The summed E-state index contributed by atoms with van der Waals surface area (Å²) in [5.74, 6) is 0.0741. The van der Waals surface area contributed by atoms with E-state index in [0.29, 0.717) is 17.1 Å². The summed E-state index contributed by atoms with van der Waals surface area (Å²) >= 11 is 0. The van der Waals surface area contributed by atoms with Gasteiger partial charge in [-0.2, -0.15) is 0 Å². The lowest BCUT2D eigenvalue weighted by atomic mass is 10.1. The Balaban J connectivity index is 1.62. The highest BCUT2D eigenvalue weighted by Crippen LogP contribution is 2.34. The lowest BCUT2D eigenvalue weighted by Gasteiger charge is -2.20. The molecule has 1 aliphatic heterocycles. The number of amides is 1. The van der Waals surface area contributed by atoms with Crippen LogP contribution >= 0.6 is 0 Å². The van der Waals surface area contributed by atoms with Crippen molar-refractivity contribution in [1.82, 2.24) is 0 Å². The molecule has 3 aromatic rings. The van der Waals surface area contributed by atoms with Gasteiger partial charge in [0.15, 0.2) is 6.10 Å². The summed E-state index contributed by atoms with van der Waals surface area (Å²) in [5.41, 5.74) is 1.15. The Morgan fingerprint density at radius 2 is 1.75 bits per heavy atom. The molecule has 1 amide bonds. The van der Waals surface area contributed by atoms with Gasteiger partial charge in [0.05, 0.1) is 11.9 Å². The number of nitrogens with zero attached hydrogens (tertiary/aromatic N) is 1. The van der Waals surface area contributed by atoms with Crippen LogP contribution in [0.5, 0.6) is 5.75 Å². The number of benzene rings is 3. The maximum Gasteiger partial charge on any atom is 0.265 e. The van der Waals surface area contributed by atoms with E-state index in [9.17, 15) is 13.2 Å². The Hall–Kier alpha value is -3.06. The fourth-order valence-electron chi connectivity index (χ4n) is 3.41. The van der Waals surface area contributed by atoms with Crippen molar-refractivity contribution < 1.29 is 17.9 Å². The molecule has 0 spiro atoms. The molecule has 0 radical (unpaired) electrons. The van der Waals surface area contributed by atoms with Crippen molar-refractivity contribution in [2.45, 2.75) is 12.5 Å². The summed E-state index contributed by atoms with van der Waals surface area (Å²) in [6, 6.07) is 20.3. The average Bonchev–Trinajstić information content (AvgIpc) is 2.88. The molecule has 28 heavy (non-hydrogen) atoms. The molecule has 1 aliphatic rings. The van der Waals surface area contributed by atoms with Gasteiger partial charge in [-0.15, -0.1) is 0 Å². The lowest BCUT2D eigenvalue weighted by Crippen LogP contribution is -2.36. The number of carbonyl (C=O) groups excluding carboxylic acids is 1. The molecular formula is C21H20N2O4S. The van der Waals surface area contributed by atoms with Gasteiger partial charge in [0, 0.05) is 24.0 Å². The molecule has 7 heteroatoms. The highest BCUT2D eigenvalue weighted by Gasteiger charge is 2.31. The topological polar surface area (TPSA) is 75.7 Å². The summed E-state index contributed by atoms with van der Waals surface area (Å²) in [7, 11) is -3.48. The first-order chi connectivity index (χ1) is 13.4. The molecule has 1 unspecified atom stereocenters. The maximum absolute atomic E-state index is 12.9. The number of nitrogens with one attached hydrogen (secondary N) is 1. The van der Waals surface area contributed by atoms with Gasteiger partial charge in [-0.25, -0.2) is 8.42 Å². The van der Waals surface area contributed by atoms with Crippen LogP contribution in [0.4, 0.5) is 11.4 Å². The molecule has 0 fully saturated rings. The molecule has 1 N–H and O–H groups in total. The van der Waals surface area contributed by atoms with E-state index >= 15 is 0 Å². The normalized spacial score (nSPS) is 16.8. The summed E-state index contributed by atoms with van der Waals surface area (Å²) in [5, 5.41) is 4.89. The van der Waals surface area contributed by atoms with Crippen LogP contribution in [-0.2, 0) is 14.8 Å². The van der Waals surface area contributed by atoms with Crippen LogP contribution in [0.15, 0.2) is 66.7 Å². The number of carbonyl (C=O) groups is 1. The first-order valence-corrected chi connectivity index (χ1v) is 10.8. The molecule has 0 aromatic heterocycles. The minimum atomic E-state index is -3.48. The Morgan fingerprint density at radius 1 is 1.04 bits per heavy atom. The Kier molecular flexibility index (Phi) is 4.68. The van der Waals surface area contributed by atoms with E-state index in [2.05, 4.69) is 5.32 Å². The number of para-hydroxylation sites is 2. The van der Waals surface area contributed by atoms with Crippen molar-refractivity contribution in [3.05, 3.63) is 66.7 Å². The van der Waals surface area contributed by atoms with E-state index < -0.39 is 16.1 Å². The van der Waals surface area contributed by atoms with Crippen LogP contribution in [0, 0.1) is 0 Å². The molecule has 0 saturated heterocycles. The molecule has 0 bridgehead atoms. The standard InChI is InChI=1S/C21H20N2O4S/c1-28(25,26)23-14-13-20(27-19-12-5-4-11-18(19)23)21(24)22-17-10-6-8-15-7-2-3-9-16(15)17/h2-12,20H,13-14H2,1H3,(H,22,24). The van der Waals surface area contributed by atoms with Crippen LogP contribution in [0.3, 0.4) is 0 Å². The van der Waals surface area contributed by atoms with Gasteiger partial charge in [0.25, 0.3) is 5.91 Å². The zero-order chi connectivity index (χ0) is 19.7. The smallest absolute Gasteiger partial charge is 0.265 e. The number of fused-ring (bicyclic) bond motifs is 2. The van der Waals surface area contributed by atoms with E-state index in [4.69, 9.17) is 4.74 Å². The Bertz CT molecular complexity index is 1140. The molecular weight excluding hydrogens is 376 g/mol. The maximum atomic E-state index is 12.9. The van der Waals surface area contributed by atoms with Crippen molar-refractivity contribution in [2.24, 2.45) is 0 Å². The fraction of sp³-hybridized carbons (Fsp3) is 0.190. The molecule has 0 saturated carbocycles. The summed E-state index contributed by atoms with van der Waals surface area (Å²) in [6.07, 6.45) is 0.602. The van der Waals surface area contributed by atoms with Crippen molar-refractivity contribution in [3.63, 3.8) is 0 Å². The van der Waals surface area contributed by atoms with Gasteiger partial charge < -0.3 is 10.1 Å². The molecule has 0 aliphatic carbocycles. The summed E-state index contributed by atoms with van der Waals surface area (Å²) in [6.45, 7) is 0.170. The Morgan fingerprint density at radius 3 is 2.57 bits per heavy atom. The van der Waals surface area contributed by atoms with Gasteiger partial charge in [0.2, 0.25) is 10.0 Å². The highest BCUT2D eigenvalue weighted by atomic mass is 32.2. The average molecular weight is 396 g/mol. The van der Waals surface area contributed by atoms with Crippen LogP contribution in [0.2, 0.25) is 0 Å². The minimum absolute atomic E-state index is 0.170. The number of hydrogen-bond acceptors (Lipinski definition) is 4. The van der Waals surface area contributed by atoms with E-state index in [1.165, 1.54) is 4.31 Å². The molecule has 3 aromatic carbocycles. The van der Waals surface area contributed by atoms with Crippen molar-refractivity contribution >= 4 is 38.1 Å². The molecule has 144 valence electrons. The second-order valence-electron chi connectivity index (χ2n) is 6.71. The van der Waals surface area contributed by atoms with Crippen LogP contribution in [0.25, 0.3) is 10.8 Å². The van der Waals surface area contributed by atoms with Crippen LogP contribution in [-0.4, -0.2) is 33.2 Å². The quantitative estimate of drug-likeness (QED) is 0.736. The second-order valence-corrected chi connectivity index (χ2v) is 8.62. The third-order valence-electron chi connectivity index (χ3n) is 4.74. The lowest BCUT2D eigenvalue weighted by molar-refractivity contribution is -0.122. The molecule has 1 heterocycles. The zero-order valence-electron chi connectivity index (χ0n) is 15.3. The van der Waals surface area contributed by atoms with Crippen molar-refractivity contribution in [3.8, 4) is 5.75 Å². The van der Waals surface area contributed by atoms with Crippen LogP contribution < -0.4 is 14.4 Å². The summed E-state index contributed by atoms with van der Waals surface area (Å²) < 4.78 is 31.6. The molecule has 4 rings (SSSR count).